The summed E-state index contributed by atoms with van der Waals surface area (Å²) in [6.45, 7) is 7.38. The van der Waals surface area contributed by atoms with Crippen LogP contribution in [0.25, 0.3) is 0 Å². The van der Waals surface area contributed by atoms with E-state index in [1.165, 1.54) is 16.7 Å². The monoisotopic (exact) mass is 372 g/mol. The van der Waals surface area contributed by atoms with Crippen molar-refractivity contribution >= 4 is 5.91 Å². The topological polar surface area (TPSA) is 73.1 Å². The lowest BCUT2D eigenvalue weighted by molar-refractivity contribution is 0.0698. The Balaban J connectivity index is 1.47. The van der Waals surface area contributed by atoms with Gasteiger partial charge >= 0.3 is 0 Å². The quantitative estimate of drug-likeness (QED) is 0.793. The van der Waals surface area contributed by atoms with Crippen molar-refractivity contribution in [3.05, 3.63) is 53.7 Å². The number of aromatic nitrogens is 1. The number of benzene rings is 1. The maximum atomic E-state index is 12.3. The lowest BCUT2D eigenvalue weighted by Crippen LogP contribution is -2.45. The molecule has 1 aromatic heterocycles. The van der Waals surface area contributed by atoms with Crippen molar-refractivity contribution in [2.24, 2.45) is 0 Å². The summed E-state index contributed by atoms with van der Waals surface area (Å²) in [5.74, 6) is 0.318. The van der Waals surface area contributed by atoms with Gasteiger partial charge in [-0.05, 0) is 12.5 Å². The van der Waals surface area contributed by atoms with Gasteiger partial charge in [0.25, 0.3) is 5.91 Å². The molecule has 7 nitrogen and oxygen atoms in total. The number of carbonyl (C=O) groups is 1. The van der Waals surface area contributed by atoms with Crippen LogP contribution in [0, 0.1) is 0 Å². The van der Waals surface area contributed by atoms with Gasteiger partial charge in [-0.3, -0.25) is 14.6 Å². The maximum Gasteiger partial charge on any atom is 0.275 e. The average Bonchev–Trinajstić information content (AvgIpc) is 3.11. The van der Waals surface area contributed by atoms with Crippen LogP contribution in [-0.2, 0) is 13.1 Å². The van der Waals surface area contributed by atoms with Crippen molar-refractivity contribution in [2.45, 2.75) is 26.1 Å². The first kappa shape index (κ1) is 19.5. The fraction of sp³-hybridized carbons (Fsp3) is 0.500. The zero-order chi connectivity index (χ0) is 19.2. The minimum Gasteiger partial charge on any atom is -0.447 e. The fourth-order valence-electron chi connectivity index (χ4n) is 3.29. The molecule has 1 atom stereocenters. The molecule has 146 valence electrons. The van der Waals surface area contributed by atoms with E-state index in [0.29, 0.717) is 12.4 Å². The zero-order valence-corrected chi connectivity index (χ0v) is 16.0. The first-order valence-electron chi connectivity index (χ1n) is 9.38. The number of aliphatic hydroxyl groups excluding tert-OH is 1. The SMILES string of the molecule is C[C@H](O)CN(C)C(=O)c1coc(CN2CCN(Cc3ccccc3)CC2)n1. The highest BCUT2D eigenvalue weighted by Crippen LogP contribution is 2.12. The van der Waals surface area contributed by atoms with Gasteiger partial charge in [-0.1, -0.05) is 30.3 Å². The molecule has 2 heterocycles. The van der Waals surface area contributed by atoms with Gasteiger partial charge in [-0.15, -0.1) is 0 Å². The summed E-state index contributed by atoms with van der Waals surface area (Å²) in [6, 6.07) is 10.5. The molecule has 1 N–H and O–H groups in total. The van der Waals surface area contributed by atoms with E-state index >= 15 is 0 Å². The third-order valence-electron chi connectivity index (χ3n) is 4.73. The Morgan fingerprint density at radius 2 is 1.81 bits per heavy atom. The molecule has 1 aliphatic rings. The van der Waals surface area contributed by atoms with E-state index in [-0.39, 0.29) is 18.1 Å². The predicted molar refractivity (Wildman–Crippen MR) is 102 cm³/mol. The molecule has 1 amide bonds. The van der Waals surface area contributed by atoms with E-state index in [1.54, 1.807) is 14.0 Å². The number of aliphatic hydroxyl groups is 1. The average molecular weight is 372 g/mol. The van der Waals surface area contributed by atoms with Gasteiger partial charge in [-0.2, -0.15) is 0 Å². The van der Waals surface area contributed by atoms with Crippen LogP contribution in [0.3, 0.4) is 0 Å². The minimum atomic E-state index is -0.572. The lowest BCUT2D eigenvalue weighted by Gasteiger charge is -2.34. The van der Waals surface area contributed by atoms with Gasteiger partial charge in [0.1, 0.15) is 6.26 Å². The Labute approximate surface area is 160 Å². The van der Waals surface area contributed by atoms with E-state index in [4.69, 9.17) is 4.42 Å². The van der Waals surface area contributed by atoms with Crippen molar-refractivity contribution in [3.8, 4) is 0 Å². The summed E-state index contributed by atoms with van der Waals surface area (Å²) in [6.07, 6.45) is 0.833. The molecule has 1 aliphatic heterocycles. The summed E-state index contributed by atoms with van der Waals surface area (Å²) in [5.41, 5.74) is 1.62. The normalized spacial score (nSPS) is 17.0. The summed E-state index contributed by atoms with van der Waals surface area (Å²) in [5, 5.41) is 9.41. The second kappa shape index (κ2) is 9.12. The minimum absolute atomic E-state index is 0.237. The Kier molecular flexibility index (Phi) is 6.60. The highest BCUT2D eigenvalue weighted by atomic mass is 16.3. The Hall–Kier alpha value is -2.22. The van der Waals surface area contributed by atoms with E-state index in [1.807, 2.05) is 6.07 Å². The molecular weight excluding hydrogens is 344 g/mol. The molecule has 0 saturated carbocycles. The van der Waals surface area contributed by atoms with Crippen LogP contribution in [-0.4, -0.2) is 76.6 Å². The van der Waals surface area contributed by atoms with Gasteiger partial charge in [0.05, 0.1) is 12.6 Å². The van der Waals surface area contributed by atoms with Crippen molar-refractivity contribution in [1.82, 2.24) is 19.7 Å². The van der Waals surface area contributed by atoms with Crippen LogP contribution in [0.1, 0.15) is 28.9 Å². The number of hydrogen-bond acceptors (Lipinski definition) is 6. The number of amides is 1. The smallest absolute Gasteiger partial charge is 0.275 e. The third kappa shape index (κ3) is 5.63. The second-order valence-corrected chi connectivity index (χ2v) is 7.20. The Morgan fingerprint density at radius 3 is 2.44 bits per heavy atom. The highest BCUT2D eigenvalue weighted by Gasteiger charge is 2.21. The Morgan fingerprint density at radius 1 is 1.19 bits per heavy atom. The van der Waals surface area contributed by atoms with Crippen LogP contribution >= 0.6 is 0 Å². The van der Waals surface area contributed by atoms with Crippen LogP contribution in [0.2, 0.25) is 0 Å². The molecule has 27 heavy (non-hydrogen) atoms. The number of rotatable bonds is 7. The second-order valence-electron chi connectivity index (χ2n) is 7.20. The van der Waals surface area contributed by atoms with Gasteiger partial charge in [-0.25, -0.2) is 4.98 Å². The van der Waals surface area contributed by atoms with E-state index in [9.17, 15) is 9.90 Å². The van der Waals surface area contributed by atoms with Crippen LogP contribution in [0.5, 0.6) is 0 Å². The third-order valence-corrected chi connectivity index (χ3v) is 4.73. The lowest BCUT2D eigenvalue weighted by atomic mass is 10.2. The van der Waals surface area contributed by atoms with Gasteiger partial charge in [0, 0.05) is 46.3 Å². The zero-order valence-electron chi connectivity index (χ0n) is 16.0. The predicted octanol–water partition coefficient (Wildman–Crippen LogP) is 1.45. The molecule has 0 unspecified atom stereocenters. The molecule has 1 fully saturated rings. The molecule has 2 aromatic rings. The molecule has 0 bridgehead atoms. The van der Waals surface area contributed by atoms with Gasteiger partial charge in [0.15, 0.2) is 5.69 Å². The van der Waals surface area contributed by atoms with Crippen molar-refractivity contribution in [1.29, 1.82) is 0 Å². The van der Waals surface area contributed by atoms with Crippen LogP contribution < -0.4 is 0 Å². The maximum absolute atomic E-state index is 12.3. The van der Waals surface area contributed by atoms with Crippen molar-refractivity contribution in [2.75, 3.05) is 39.8 Å². The molecular formula is C20H28N4O3. The van der Waals surface area contributed by atoms with Crippen LogP contribution in [0.4, 0.5) is 0 Å². The first-order chi connectivity index (χ1) is 13.0. The van der Waals surface area contributed by atoms with E-state index < -0.39 is 6.10 Å². The van der Waals surface area contributed by atoms with Gasteiger partial charge < -0.3 is 14.4 Å². The van der Waals surface area contributed by atoms with E-state index in [2.05, 4.69) is 39.0 Å². The van der Waals surface area contributed by atoms with Crippen molar-refractivity contribution in [3.63, 3.8) is 0 Å². The standard InChI is InChI=1S/C20H28N4O3/c1-16(25)12-22(2)20(26)18-15-27-19(21-18)14-24-10-8-23(9-11-24)13-17-6-4-3-5-7-17/h3-7,15-16,25H,8-14H2,1-2H3/t16-/m0/s1. The highest BCUT2D eigenvalue weighted by molar-refractivity contribution is 5.91. The summed E-state index contributed by atoms with van der Waals surface area (Å²) in [4.78, 5) is 22.8. The molecule has 1 aromatic carbocycles. The van der Waals surface area contributed by atoms with E-state index in [0.717, 1.165) is 32.7 Å². The number of carbonyl (C=O) groups excluding carboxylic acids is 1. The summed E-state index contributed by atoms with van der Waals surface area (Å²) < 4.78 is 5.49. The van der Waals surface area contributed by atoms with Crippen LogP contribution in [0.15, 0.2) is 41.0 Å². The Bertz CT molecular complexity index is 724. The molecule has 3 rings (SSSR count). The number of nitrogens with zero attached hydrogens (tertiary/aromatic N) is 4. The van der Waals surface area contributed by atoms with Crippen molar-refractivity contribution < 1.29 is 14.3 Å². The number of likely N-dealkylation sites (N-methyl/N-ethyl adjacent to an activating group) is 1. The summed E-state index contributed by atoms with van der Waals surface area (Å²) in [7, 11) is 1.65. The molecule has 0 spiro atoms. The first-order valence-corrected chi connectivity index (χ1v) is 9.38. The number of piperazine rings is 1. The van der Waals surface area contributed by atoms with Gasteiger partial charge in [0.2, 0.25) is 5.89 Å². The molecule has 0 aliphatic carbocycles. The number of hydrogen-bond donors (Lipinski definition) is 1. The fourth-order valence-corrected chi connectivity index (χ4v) is 3.29. The molecule has 7 heteroatoms. The largest absolute Gasteiger partial charge is 0.447 e. The summed E-state index contributed by atoms with van der Waals surface area (Å²) >= 11 is 0. The molecule has 1 saturated heterocycles. The number of oxazole rings is 1. The molecule has 0 radical (unpaired) electrons.